The number of rotatable bonds is 1. The zero-order valence-corrected chi connectivity index (χ0v) is 8.66. The summed E-state index contributed by atoms with van der Waals surface area (Å²) in [7, 11) is 2.05. The molecule has 0 amide bonds. The third-order valence-corrected chi connectivity index (χ3v) is 2.94. The Morgan fingerprint density at radius 2 is 2.14 bits per heavy atom. The minimum atomic E-state index is 0.176. The van der Waals surface area contributed by atoms with Crippen molar-refractivity contribution in [1.29, 1.82) is 0 Å². The lowest BCUT2D eigenvalue weighted by atomic mass is 9.90. The first-order valence-corrected chi connectivity index (χ1v) is 5.08. The zero-order chi connectivity index (χ0) is 10.1. The summed E-state index contributed by atoms with van der Waals surface area (Å²) in [5, 5.41) is 0. The van der Waals surface area contributed by atoms with Crippen molar-refractivity contribution in [3.63, 3.8) is 0 Å². The van der Waals surface area contributed by atoms with Gasteiger partial charge in [0.25, 0.3) is 0 Å². The summed E-state index contributed by atoms with van der Waals surface area (Å²) in [5.74, 6) is 0.482. The number of ketones is 1. The Labute approximate surface area is 84.5 Å². The molecule has 1 aliphatic rings. The van der Waals surface area contributed by atoms with Crippen LogP contribution in [-0.4, -0.2) is 19.4 Å². The highest BCUT2D eigenvalue weighted by atomic mass is 16.1. The average molecular weight is 189 g/mol. The minimum Gasteiger partial charge on any atom is -0.373 e. The van der Waals surface area contributed by atoms with E-state index in [4.69, 9.17) is 0 Å². The molecule has 2 nitrogen and oxygen atoms in total. The van der Waals surface area contributed by atoms with Crippen LogP contribution < -0.4 is 4.90 Å². The molecule has 0 radical (unpaired) electrons. The molecule has 1 aromatic carbocycles. The standard InChI is InChI=1S/C12H15NO/c1-3-9-8-13(2)11-7-5-4-6-10(11)12(9)14/h4-7,9H,3,8H2,1-2H3. The summed E-state index contributed by atoms with van der Waals surface area (Å²) in [6.45, 7) is 2.93. The van der Waals surface area contributed by atoms with E-state index in [9.17, 15) is 4.79 Å². The van der Waals surface area contributed by atoms with Gasteiger partial charge in [-0.2, -0.15) is 0 Å². The summed E-state index contributed by atoms with van der Waals surface area (Å²) in [6, 6.07) is 7.85. The molecule has 1 aliphatic heterocycles. The Hall–Kier alpha value is -1.31. The van der Waals surface area contributed by atoms with Gasteiger partial charge in [0.2, 0.25) is 0 Å². The van der Waals surface area contributed by atoms with Crippen LogP contribution >= 0.6 is 0 Å². The van der Waals surface area contributed by atoms with Crippen LogP contribution in [0.2, 0.25) is 0 Å². The molecule has 0 spiro atoms. The summed E-state index contributed by atoms with van der Waals surface area (Å²) >= 11 is 0. The number of para-hydroxylation sites is 1. The van der Waals surface area contributed by atoms with Crippen molar-refractivity contribution in [3.05, 3.63) is 29.8 Å². The molecule has 0 saturated carbocycles. The monoisotopic (exact) mass is 189 g/mol. The Kier molecular flexibility index (Phi) is 2.28. The maximum absolute atomic E-state index is 12.0. The van der Waals surface area contributed by atoms with E-state index in [1.807, 2.05) is 31.3 Å². The molecule has 0 aliphatic carbocycles. The SMILES string of the molecule is CCC1CN(C)c2ccccc2C1=O. The predicted octanol–water partition coefficient (Wildman–Crippen LogP) is 2.35. The Bertz CT molecular complexity index is 359. The molecule has 74 valence electrons. The largest absolute Gasteiger partial charge is 0.373 e. The summed E-state index contributed by atoms with van der Waals surface area (Å²) in [6.07, 6.45) is 0.928. The Morgan fingerprint density at radius 1 is 1.43 bits per heavy atom. The molecule has 0 aromatic heterocycles. The van der Waals surface area contributed by atoms with Gasteiger partial charge in [0, 0.05) is 30.8 Å². The molecular weight excluding hydrogens is 174 g/mol. The lowest BCUT2D eigenvalue weighted by Crippen LogP contribution is -2.36. The fourth-order valence-electron chi connectivity index (χ4n) is 2.06. The lowest BCUT2D eigenvalue weighted by molar-refractivity contribution is 0.0913. The van der Waals surface area contributed by atoms with Gasteiger partial charge in [0.15, 0.2) is 5.78 Å². The fraction of sp³-hybridized carbons (Fsp3) is 0.417. The number of carbonyl (C=O) groups is 1. The fourth-order valence-corrected chi connectivity index (χ4v) is 2.06. The van der Waals surface area contributed by atoms with Gasteiger partial charge in [0.1, 0.15) is 0 Å². The van der Waals surface area contributed by atoms with Gasteiger partial charge in [-0.3, -0.25) is 4.79 Å². The number of hydrogen-bond acceptors (Lipinski definition) is 2. The van der Waals surface area contributed by atoms with E-state index in [2.05, 4.69) is 11.8 Å². The maximum Gasteiger partial charge on any atom is 0.169 e. The highest BCUT2D eigenvalue weighted by Crippen LogP contribution is 2.29. The highest BCUT2D eigenvalue weighted by Gasteiger charge is 2.28. The van der Waals surface area contributed by atoms with Crippen molar-refractivity contribution in [3.8, 4) is 0 Å². The van der Waals surface area contributed by atoms with E-state index < -0.39 is 0 Å². The van der Waals surface area contributed by atoms with Crippen LogP contribution in [-0.2, 0) is 0 Å². The van der Waals surface area contributed by atoms with E-state index >= 15 is 0 Å². The topological polar surface area (TPSA) is 20.3 Å². The van der Waals surface area contributed by atoms with Gasteiger partial charge in [-0.15, -0.1) is 0 Å². The molecule has 1 unspecified atom stereocenters. The van der Waals surface area contributed by atoms with Gasteiger partial charge < -0.3 is 4.90 Å². The smallest absolute Gasteiger partial charge is 0.169 e. The van der Waals surface area contributed by atoms with Crippen LogP contribution in [0, 0.1) is 5.92 Å². The number of anilines is 1. The Balaban J connectivity index is 2.46. The first-order valence-electron chi connectivity index (χ1n) is 5.08. The average Bonchev–Trinajstić information content (AvgIpc) is 2.23. The molecule has 14 heavy (non-hydrogen) atoms. The number of carbonyl (C=O) groups excluding carboxylic acids is 1. The van der Waals surface area contributed by atoms with Gasteiger partial charge in [-0.25, -0.2) is 0 Å². The molecule has 1 aromatic rings. The molecular formula is C12H15NO. The first kappa shape index (κ1) is 9.25. The summed E-state index contributed by atoms with van der Waals surface area (Å²) in [5.41, 5.74) is 1.95. The number of nitrogens with zero attached hydrogens (tertiary/aromatic N) is 1. The van der Waals surface area contributed by atoms with Crippen molar-refractivity contribution >= 4 is 11.5 Å². The minimum absolute atomic E-state index is 0.176. The number of fused-ring (bicyclic) bond motifs is 1. The van der Waals surface area contributed by atoms with E-state index in [0.29, 0.717) is 5.78 Å². The van der Waals surface area contributed by atoms with Gasteiger partial charge >= 0.3 is 0 Å². The van der Waals surface area contributed by atoms with Crippen molar-refractivity contribution in [2.24, 2.45) is 5.92 Å². The maximum atomic E-state index is 12.0. The van der Waals surface area contributed by atoms with Crippen LogP contribution in [0.1, 0.15) is 23.7 Å². The second-order valence-electron chi connectivity index (χ2n) is 3.87. The predicted molar refractivity (Wildman–Crippen MR) is 57.8 cm³/mol. The third-order valence-electron chi connectivity index (χ3n) is 2.94. The van der Waals surface area contributed by atoms with Crippen LogP contribution in [0.25, 0.3) is 0 Å². The first-order chi connectivity index (χ1) is 6.74. The van der Waals surface area contributed by atoms with Gasteiger partial charge in [0.05, 0.1) is 0 Å². The zero-order valence-electron chi connectivity index (χ0n) is 8.66. The summed E-state index contributed by atoms with van der Waals surface area (Å²) in [4.78, 5) is 14.1. The number of Topliss-reactive ketones (excluding diaryl/α,β-unsaturated/α-hetero) is 1. The van der Waals surface area contributed by atoms with Crippen molar-refractivity contribution in [1.82, 2.24) is 0 Å². The van der Waals surface area contributed by atoms with Gasteiger partial charge in [-0.05, 0) is 18.6 Å². The van der Waals surface area contributed by atoms with Crippen molar-refractivity contribution < 1.29 is 4.79 Å². The van der Waals surface area contributed by atoms with Crippen molar-refractivity contribution in [2.75, 3.05) is 18.5 Å². The normalized spacial score (nSPS) is 20.9. The van der Waals surface area contributed by atoms with E-state index in [1.165, 1.54) is 0 Å². The Morgan fingerprint density at radius 3 is 2.86 bits per heavy atom. The second kappa shape index (κ2) is 3.45. The van der Waals surface area contributed by atoms with Crippen LogP contribution in [0.5, 0.6) is 0 Å². The van der Waals surface area contributed by atoms with Crippen LogP contribution in [0.3, 0.4) is 0 Å². The molecule has 2 heteroatoms. The lowest BCUT2D eigenvalue weighted by Gasteiger charge is -2.31. The van der Waals surface area contributed by atoms with E-state index in [0.717, 1.165) is 24.2 Å². The van der Waals surface area contributed by atoms with Gasteiger partial charge in [-0.1, -0.05) is 19.1 Å². The van der Waals surface area contributed by atoms with E-state index in [-0.39, 0.29) is 5.92 Å². The molecule has 0 saturated heterocycles. The molecule has 0 bridgehead atoms. The third kappa shape index (κ3) is 1.31. The molecule has 2 rings (SSSR count). The number of benzene rings is 1. The quantitative estimate of drug-likeness (QED) is 0.676. The molecule has 0 N–H and O–H groups in total. The second-order valence-corrected chi connectivity index (χ2v) is 3.87. The molecule has 0 fully saturated rings. The molecule has 1 atom stereocenters. The molecule has 1 heterocycles. The van der Waals surface area contributed by atoms with Crippen LogP contribution in [0.15, 0.2) is 24.3 Å². The summed E-state index contributed by atoms with van der Waals surface area (Å²) < 4.78 is 0. The number of hydrogen-bond donors (Lipinski definition) is 0. The van der Waals surface area contributed by atoms with Crippen LogP contribution in [0.4, 0.5) is 5.69 Å². The highest BCUT2D eigenvalue weighted by molar-refractivity contribution is 6.04. The van der Waals surface area contributed by atoms with E-state index in [1.54, 1.807) is 0 Å². The van der Waals surface area contributed by atoms with Crippen molar-refractivity contribution in [2.45, 2.75) is 13.3 Å².